The predicted octanol–water partition coefficient (Wildman–Crippen LogP) is 5.76. The van der Waals surface area contributed by atoms with Crippen molar-refractivity contribution in [1.29, 1.82) is 0 Å². The molecule has 4 atom stereocenters. The number of hydrogen-bond acceptors (Lipinski definition) is 1. The Bertz CT molecular complexity index is 305. The van der Waals surface area contributed by atoms with Crippen LogP contribution in [-0.2, 0) is 0 Å². The van der Waals surface area contributed by atoms with E-state index in [4.69, 9.17) is 0 Å². The Balaban J connectivity index is 2.11. The fourth-order valence-electron chi connectivity index (χ4n) is 3.64. The SMILES string of the molecule is CP(S[C@@H]1C[C@H]2CC[C@]1(C)C2(C)C)C(C)(C)C. The Labute approximate surface area is 113 Å². The molecule has 0 amide bonds. The lowest BCUT2D eigenvalue weighted by Gasteiger charge is -2.41. The molecular weight excluding hydrogens is 243 g/mol. The third-order valence-electron chi connectivity index (χ3n) is 5.94. The Kier molecular flexibility index (Phi) is 3.45. The van der Waals surface area contributed by atoms with Crippen LogP contribution in [0.25, 0.3) is 0 Å². The lowest BCUT2D eigenvalue weighted by Crippen LogP contribution is -2.34. The van der Waals surface area contributed by atoms with Crippen molar-refractivity contribution in [2.24, 2.45) is 16.7 Å². The van der Waals surface area contributed by atoms with E-state index in [1.165, 1.54) is 19.3 Å². The van der Waals surface area contributed by atoms with Crippen molar-refractivity contribution in [3.05, 3.63) is 0 Å². The highest BCUT2D eigenvalue weighted by molar-refractivity contribution is 8.56. The largest absolute Gasteiger partial charge is 0.130 e. The molecule has 0 aromatic heterocycles. The zero-order valence-electron chi connectivity index (χ0n) is 12.6. The summed E-state index contributed by atoms with van der Waals surface area (Å²) in [5, 5.41) is 1.43. The smallest absolute Gasteiger partial charge is 0.0151 e. The maximum Gasteiger partial charge on any atom is 0.0151 e. The van der Waals surface area contributed by atoms with E-state index < -0.39 is 0 Å². The van der Waals surface area contributed by atoms with E-state index in [2.05, 4.69) is 59.6 Å². The molecule has 1 unspecified atom stereocenters. The number of hydrogen-bond donors (Lipinski definition) is 0. The molecular formula is C15H29PS. The molecule has 0 aromatic rings. The van der Waals surface area contributed by atoms with Gasteiger partial charge >= 0.3 is 0 Å². The van der Waals surface area contributed by atoms with Gasteiger partial charge < -0.3 is 0 Å². The molecule has 0 saturated heterocycles. The summed E-state index contributed by atoms with van der Waals surface area (Å²) in [6.45, 7) is 17.3. The minimum absolute atomic E-state index is 0.0990. The fraction of sp³-hybridized carbons (Fsp3) is 1.00. The summed E-state index contributed by atoms with van der Waals surface area (Å²) in [4.78, 5) is 0. The topological polar surface area (TPSA) is 0 Å². The Hall–Kier alpha value is 0.780. The van der Waals surface area contributed by atoms with Crippen molar-refractivity contribution in [2.75, 3.05) is 6.66 Å². The minimum Gasteiger partial charge on any atom is -0.130 e. The van der Waals surface area contributed by atoms with Gasteiger partial charge in [0, 0.05) is 5.25 Å². The van der Waals surface area contributed by atoms with Gasteiger partial charge in [0.05, 0.1) is 0 Å². The monoisotopic (exact) mass is 272 g/mol. The third kappa shape index (κ3) is 2.10. The van der Waals surface area contributed by atoms with E-state index in [9.17, 15) is 0 Å². The molecule has 2 bridgehead atoms. The van der Waals surface area contributed by atoms with Gasteiger partial charge in [-0.3, -0.25) is 0 Å². The highest BCUT2D eigenvalue weighted by Crippen LogP contribution is 2.73. The summed E-state index contributed by atoms with van der Waals surface area (Å²) >= 11 is 2.34. The molecule has 0 aliphatic heterocycles. The Morgan fingerprint density at radius 2 is 1.76 bits per heavy atom. The molecule has 2 aliphatic carbocycles. The van der Waals surface area contributed by atoms with Gasteiger partial charge in [-0.1, -0.05) is 41.5 Å². The van der Waals surface area contributed by atoms with Crippen LogP contribution in [0.1, 0.15) is 60.8 Å². The van der Waals surface area contributed by atoms with Crippen molar-refractivity contribution >= 4 is 18.5 Å². The number of rotatable bonds is 2. The van der Waals surface area contributed by atoms with Crippen LogP contribution < -0.4 is 0 Å². The first-order valence-electron chi connectivity index (χ1n) is 6.99. The van der Waals surface area contributed by atoms with Crippen LogP contribution in [0.3, 0.4) is 0 Å². The van der Waals surface area contributed by atoms with Gasteiger partial charge in [-0.05, 0) is 55.0 Å². The van der Waals surface area contributed by atoms with Crippen molar-refractivity contribution < 1.29 is 0 Å². The molecule has 0 radical (unpaired) electrons. The Morgan fingerprint density at radius 1 is 1.18 bits per heavy atom. The Morgan fingerprint density at radius 3 is 2.12 bits per heavy atom. The zero-order valence-corrected chi connectivity index (χ0v) is 14.3. The van der Waals surface area contributed by atoms with Crippen molar-refractivity contribution in [1.82, 2.24) is 0 Å². The molecule has 0 heterocycles. The number of fused-ring (bicyclic) bond motifs is 2. The molecule has 2 fully saturated rings. The summed E-state index contributed by atoms with van der Waals surface area (Å²) in [7, 11) is 0.0990. The molecule has 2 heteroatoms. The van der Waals surface area contributed by atoms with Gasteiger partial charge in [0.15, 0.2) is 0 Å². The average Bonchev–Trinajstić information content (AvgIpc) is 2.49. The van der Waals surface area contributed by atoms with Crippen LogP contribution in [-0.4, -0.2) is 17.1 Å². The average molecular weight is 272 g/mol. The zero-order chi connectivity index (χ0) is 13.1. The second kappa shape index (κ2) is 4.14. The quantitative estimate of drug-likeness (QED) is 0.576. The molecule has 0 nitrogen and oxygen atoms in total. The van der Waals surface area contributed by atoms with E-state index in [0.29, 0.717) is 16.0 Å². The molecule has 2 aliphatic rings. The van der Waals surface area contributed by atoms with Crippen LogP contribution in [0.15, 0.2) is 0 Å². The van der Waals surface area contributed by atoms with Crippen LogP contribution in [0.4, 0.5) is 0 Å². The normalized spacial score (nSPS) is 41.8. The molecule has 2 saturated carbocycles. The first-order valence-corrected chi connectivity index (χ1v) is 10.3. The molecule has 2 rings (SSSR count). The summed E-state index contributed by atoms with van der Waals surface area (Å²) in [5.74, 6) is 0.994. The summed E-state index contributed by atoms with van der Waals surface area (Å²) in [6, 6.07) is 0. The van der Waals surface area contributed by atoms with Crippen LogP contribution in [0.2, 0.25) is 0 Å². The minimum atomic E-state index is 0.0990. The second-order valence-corrected chi connectivity index (χ2v) is 13.3. The molecule has 0 spiro atoms. The molecule has 0 aromatic carbocycles. The van der Waals surface area contributed by atoms with Gasteiger partial charge in [-0.2, -0.15) is 0 Å². The molecule has 100 valence electrons. The van der Waals surface area contributed by atoms with Crippen molar-refractivity contribution in [3.63, 3.8) is 0 Å². The van der Waals surface area contributed by atoms with Crippen LogP contribution in [0.5, 0.6) is 0 Å². The van der Waals surface area contributed by atoms with Crippen LogP contribution in [0, 0.1) is 16.7 Å². The summed E-state index contributed by atoms with van der Waals surface area (Å²) in [5.41, 5.74) is 1.18. The first kappa shape index (κ1) is 14.2. The van der Waals surface area contributed by atoms with Gasteiger partial charge in [-0.15, -0.1) is 11.4 Å². The highest BCUT2D eigenvalue weighted by Gasteiger charge is 2.61. The molecule has 0 N–H and O–H groups in total. The first-order chi connectivity index (χ1) is 7.59. The van der Waals surface area contributed by atoms with Crippen molar-refractivity contribution in [3.8, 4) is 0 Å². The third-order valence-corrected chi connectivity index (χ3v) is 12.5. The maximum absolute atomic E-state index is 2.57. The summed E-state index contributed by atoms with van der Waals surface area (Å²) < 4.78 is 0. The lowest BCUT2D eigenvalue weighted by molar-refractivity contribution is 0.157. The predicted molar refractivity (Wildman–Crippen MR) is 83.2 cm³/mol. The van der Waals surface area contributed by atoms with Gasteiger partial charge in [-0.25, -0.2) is 0 Å². The maximum atomic E-state index is 2.57. The van der Waals surface area contributed by atoms with Gasteiger partial charge in [0.2, 0.25) is 0 Å². The van der Waals surface area contributed by atoms with Gasteiger partial charge in [0.25, 0.3) is 0 Å². The van der Waals surface area contributed by atoms with E-state index in [0.717, 1.165) is 11.2 Å². The van der Waals surface area contributed by atoms with Gasteiger partial charge in [0.1, 0.15) is 0 Å². The highest BCUT2D eigenvalue weighted by atomic mass is 32.7. The fourth-order valence-corrected chi connectivity index (χ4v) is 8.36. The van der Waals surface area contributed by atoms with E-state index in [1.54, 1.807) is 0 Å². The van der Waals surface area contributed by atoms with Crippen molar-refractivity contribution in [2.45, 2.75) is 71.2 Å². The standard InChI is InChI=1S/C15H29PS/c1-13(2,3)16(7)17-12-10-11-8-9-15(12,6)14(11,4)5/h11-12H,8-10H2,1-7H3/t11-,12-,15+,16?/m1/s1. The van der Waals surface area contributed by atoms with E-state index in [1.807, 2.05) is 0 Å². The van der Waals surface area contributed by atoms with Crippen LogP contribution >= 0.6 is 18.5 Å². The summed E-state index contributed by atoms with van der Waals surface area (Å²) in [6.07, 6.45) is 4.43. The van der Waals surface area contributed by atoms with E-state index >= 15 is 0 Å². The second-order valence-electron chi connectivity index (χ2n) is 7.87. The molecule has 17 heavy (non-hydrogen) atoms. The lowest BCUT2D eigenvalue weighted by atomic mass is 9.71. The van der Waals surface area contributed by atoms with E-state index in [-0.39, 0.29) is 7.12 Å².